The van der Waals surface area contributed by atoms with Crippen molar-refractivity contribution in [2.75, 3.05) is 0 Å². The second-order valence-corrected chi connectivity index (χ2v) is 17.5. The van der Waals surface area contributed by atoms with Crippen molar-refractivity contribution in [3.05, 3.63) is 129 Å². The molecule has 0 aliphatic heterocycles. The fraction of sp³-hybridized carbons (Fsp3) is 0.300. The number of benzene rings is 4. The van der Waals surface area contributed by atoms with Gasteiger partial charge >= 0.3 is 0 Å². The molecule has 0 bridgehead atoms. The molecule has 0 fully saturated rings. The molecule has 0 unspecified atom stereocenters. The van der Waals surface area contributed by atoms with Crippen LogP contribution in [0.15, 0.2) is 95.3 Å². The quantitative estimate of drug-likeness (QED) is 0.191. The van der Waals surface area contributed by atoms with E-state index >= 15 is 0 Å². The summed E-state index contributed by atoms with van der Waals surface area (Å²) >= 11 is 0. The molecule has 0 nitrogen and oxygen atoms in total. The van der Waals surface area contributed by atoms with Crippen LogP contribution in [0, 0.1) is 0 Å². The summed E-state index contributed by atoms with van der Waals surface area (Å²) in [6, 6.07) is 33.6. The van der Waals surface area contributed by atoms with Crippen LogP contribution in [0.25, 0.3) is 34.4 Å². The minimum atomic E-state index is -1.86. The minimum Gasteiger partial charge on any atom is -0.0712 e. The number of fused-ring (bicyclic) bond motifs is 2. The van der Waals surface area contributed by atoms with Crippen molar-refractivity contribution in [3.8, 4) is 22.3 Å². The first-order chi connectivity index (χ1) is 19.8. The van der Waals surface area contributed by atoms with E-state index in [1.54, 1.807) is 10.4 Å². The molecule has 0 atom stereocenters. The lowest BCUT2D eigenvalue weighted by Crippen LogP contribution is -2.36. The lowest BCUT2D eigenvalue weighted by molar-refractivity contribution is 0.867. The summed E-state index contributed by atoms with van der Waals surface area (Å²) in [7, 11) is -1.86. The first-order valence-electron chi connectivity index (χ1n) is 15.6. The summed E-state index contributed by atoms with van der Waals surface area (Å²) in [4.78, 5) is 0. The van der Waals surface area contributed by atoms with E-state index in [1.807, 2.05) is 0 Å². The molecule has 41 heavy (non-hydrogen) atoms. The van der Waals surface area contributed by atoms with Gasteiger partial charge in [-0.15, -0.1) is 0 Å². The number of rotatable bonds is 8. The van der Waals surface area contributed by atoms with Gasteiger partial charge in [-0.2, -0.15) is 0 Å². The lowest BCUT2D eigenvalue weighted by atomic mass is 9.93. The third kappa shape index (κ3) is 5.10. The summed E-state index contributed by atoms with van der Waals surface area (Å²) in [5, 5.41) is 3.42. The maximum atomic E-state index is 2.66. The van der Waals surface area contributed by atoms with Gasteiger partial charge in [0.05, 0.1) is 0 Å². The highest BCUT2D eigenvalue weighted by Gasteiger charge is 2.39. The first kappa shape index (κ1) is 27.7. The Balaban J connectivity index is 1.40. The van der Waals surface area contributed by atoms with E-state index in [0.717, 1.165) is 12.8 Å². The van der Waals surface area contributed by atoms with Crippen LogP contribution in [-0.2, 0) is 12.8 Å². The summed E-state index contributed by atoms with van der Waals surface area (Å²) in [6.45, 7) is 14.2. The van der Waals surface area contributed by atoms with Crippen molar-refractivity contribution in [2.45, 2.75) is 78.3 Å². The molecule has 1 heteroatoms. The lowest BCUT2D eigenvalue weighted by Gasteiger charge is -2.31. The van der Waals surface area contributed by atoms with Crippen LogP contribution >= 0.6 is 0 Å². The molecule has 208 valence electrons. The van der Waals surface area contributed by atoms with E-state index in [1.165, 1.54) is 68.1 Å². The molecular weight excluding hydrogens is 509 g/mol. The molecule has 0 saturated carbocycles. The Morgan fingerprint density at radius 2 is 1.05 bits per heavy atom. The van der Waals surface area contributed by atoms with Crippen molar-refractivity contribution in [3.63, 3.8) is 0 Å². The molecule has 0 radical (unpaired) electrons. The van der Waals surface area contributed by atoms with Gasteiger partial charge < -0.3 is 0 Å². The molecule has 4 aromatic carbocycles. The highest BCUT2D eigenvalue weighted by atomic mass is 28.3. The Labute approximate surface area is 248 Å². The fourth-order valence-corrected chi connectivity index (χ4v) is 11.2. The van der Waals surface area contributed by atoms with E-state index in [2.05, 4.69) is 138 Å². The van der Waals surface area contributed by atoms with Crippen LogP contribution in [0.1, 0.15) is 86.3 Å². The van der Waals surface area contributed by atoms with E-state index in [-0.39, 0.29) is 0 Å². The van der Waals surface area contributed by atoms with Crippen molar-refractivity contribution in [1.29, 1.82) is 0 Å². The zero-order valence-electron chi connectivity index (χ0n) is 25.7. The van der Waals surface area contributed by atoms with Gasteiger partial charge in [-0.3, -0.25) is 0 Å². The van der Waals surface area contributed by atoms with Gasteiger partial charge in [-0.25, -0.2) is 0 Å². The van der Waals surface area contributed by atoms with Crippen molar-refractivity contribution < 1.29 is 0 Å². The number of hydrogen-bond donors (Lipinski definition) is 0. The topological polar surface area (TPSA) is 0 Å². The summed E-state index contributed by atoms with van der Waals surface area (Å²) < 4.78 is 0. The second-order valence-electron chi connectivity index (χ2n) is 13.1. The van der Waals surface area contributed by atoms with Gasteiger partial charge in [-0.1, -0.05) is 161 Å². The molecule has 2 aliphatic carbocycles. The van der Waals surface area contributed by atoms with Crippen LogP contribution in [0.4, 0.5) is 0 Å². The molecule has 0 aromatic heterocycles. The van der Waals surface area contributed by atoms with Crippen LogP contribution in [0.2, 0.25) is 12.6 Å². The van der Waals surface area contributed by atoms with E-state index in [0.29, 0.717) is 11.8 Å². The van der Waals surface area contributed by atoms with Gasteiger partial charge in [0.2, 0.25) is 0 Å². The fourth-order valence-electron chi connectivity index (χ4n) is 7.11. The smallest absolute Gasteiger partial charge is 0.0712 e. The SMILES string of the molecule is CCC[Si](C)(C1=Cc2c(cccc2-c2cccc(C(C)C)c2)C1)C1=Cc2c(cccc2-c2cccc(C(C)C)c2)C1. The van der Waals surface area contributed by atoms with Crippen LogP contribution in [-0.4, -0.2) is 8.07 Å². The van der Waals surface area contributed by atoms with Gasteiger partial charge in [0.25, 0.3) is 0 Å². The Morgan fingerprint density at radius 1 is 0.610 bits per heavy atom. The highest BCUT2D eigenvalue weighted by Crippen LogP contribution is 2.45. The van der Waals surface area contributed by atoms with Crippen molar-refractivity contribution in [2.24, 2.45) is 0 Å². The third-order valence-corrected chi connectivity index (χ3v) is 14.7. The van der Waals surface area contributed by atoms with E-state index in [9.17, 15) is 0 Å². The third-order valence-electron chi connectivity index (χ3n) is 9.69. The Hall–Kier alpha value is -3.42. The maximum absolute atomic E-state index is 2.66. The average Bonchev–Trinajstić information content (AvgIpc) is 3.63. The molecule has 6 rings (SSSR count). The molecule has 0 N–H and O–H groups in total. The van der Waals surface area contributed by atoms with Gasteiger partial charge in [0.1, 0.15) is 8.07 Å². The largest absolute Gasteiger partial charge is 0.106 e. The Kier molecular flexibility index (Phi) is 7.51. The highest BCUT2D eigenvalue weighted by molar-refractivity contribution is 6.93. The summed E-state index contributed by atoms with van der Waals surface area (Å²) in [6.07, 6.45) is 8.67. The molecular formula is C40H44Si. The van der Waals surface area contributed by atoms with Gasteiger partial charge in [0, 0.05) is 0 Å². The average molecular weight is 553 g/mol. The van der Waals surface area contributed by atoms with Crippen molar-refractivity contribution in [1.82, 2.24) is 0 Å². The number of allylic oxidation sites excluding steroid dienone is 2. The normalized spacial score (nSPS) is 14.3. The van der Waals surface area contributed by atoms with E-state index in [4.69, 9.17) is 0 Å². The monoisotopic (exact) mass is 552 g/mol. The predicted octanol–water partition coefficient (Wildman–Crippen LogP) is 11.4. The first-order valence-corrected chi connectivity index (χ1v) is 18.4. The predicted molar refractivity (Wildman–Crippen MR) is 182 cm³/mol. The zero-order valence-corrected chi connectivity index (χ0v) is 26.7. The summed E-state index contributed by atoms with van der Waals surface area (Å²) in [5.74, 6) is 1.07. The molecule has 0 saturated heterocycles. The standard InChI is InChI=1S/C40H44Si/c1-7-20-41(6,35-23-33-16-10-18-37(39(33)25-35)31-14-8-12-29(21-31)27(2)3)36-24-34-17-11-19-38(40(34)26-36)32-15-9-13-30(22-32)28(4)5/h8-19,21-22,25-28H,7,20,23-24H2,1-6H3. The molecule has 2 aliphatic rings. The Morgan fingerprint density at radius 3 is 1.46 bits per heavy atom. The van der Waals surface area contributed by atoms with Crippen LogP contribution in [0.3, 0.4) is 0 Å². The maximum Gasteiger partial charge on any atom is 0.106 e. The second kappa shape index (κ2) is 11.1. The minimum absolute atomic E-state index is 0.534. The Bertz CT molecular complexity index is 1540. The summed E-state index contributed by atoms with van der Waals surface area (Å²) in [5.41, 5.74) is 14.2. The molecule has 0 amide bonds. The molecule has 0 spiro atoms. The molecule has 0 heterocycles. The van der Waals surface area contributed by atoms with Gasteiger partial charge in [0.15, 0.2) is 0 Å². The van der Waals surface area contributed by atoms with Crippen molar-refractivity contribution >= 4 is 20.2 Å². The van der Waals surface area contributed by atoms with Gasteiger partial charge in [-0.05, 0) is 80.3 Å². The van der Waals surface area contributed by atoms with Crippen LogP contribution < -0.4 is 0 Å². The van der Waals surface area contributed by atoms with Crippen LogP contribution in [0.5, 0.6) is 0 Å². The molecule has 4 aromatic rings. The zero-order chi connectivity index (χ0) is 28.7. The number of hydrogen-bond acceptors (Lipinski definition) is 0. The van der Waals surface area contributed by atoms with E-state index < -0.39 is 8.07 Å².